The summed E-state index contributed by atoms with van der Waals surface area (Å²) in [5.41, 5.74) is -0.509. The van der Waals surface area contributed by atoms with Gasteiger partial charge in [-0.2, -0.15) is 4.31 Å². The van der Waals surface area contributed by atoms with Crippen molar-refractivity contribution >= 4 is 50.5 Å². The first kappa shape index (κ1) is 21.3. The van der Waals surface area contributed by atoms with Gasteiger partial charge in [-0.05, 0) is 35.7 Å². The molecule has 8 nitrogen and oxygen atoms in total. The van der Waals surface area contributed by atoms with Crippen molar-refractivity contribution in [2.75, 3.05) is 31.6 Å². The highest BCUT2D eigenvalue weighted by Gasteiger charge is 2.51. The van der Waals surface area contributed by atoms with Gasteiger partial charge in [0.1, 0.15) is 9.93 Å². The second-order valence-corrected chi connectivity index (χ2v) is 10.5. The third kappa shape index (κ3) is 3.97. The maximum atomic E-state index is 13.0. The van der Waals surface area contributed by atoms with E-state index in [-0.39, 0.29) is 23.8 Å². The van der Waals surface area contributed by atoms with E-state index in [1.165, 1.54) is 9.21 Å². The molecule has 2 saturated heterocycles. The minimum absolute atomic E-state index is 0.226. The highest BCUT2D eigenvalue weighted by molar-refractivity contribution is 7.91. The van der Waals surface area contributed by atoms with Gasteiger partial charge >= 0.3 is 11.8 Å². The number of hydrogen-bond donors (Lipinski definition) is 1. The van der Waals surface area contributed by atoms with Gasteiger partial charge < -0.3 is 15.0 Å². The van der Waals surface area contributed by atoms with Crippen molar-refractivity contribution in [2.24, 2.45) is 0 Å². The number of carbonyl (C=O) groups is 2. The van der Waals surface area contributed by atoms with E-state index in [2.05, 4.69) is 5.32 Å². The van der Waals surface area contributed by atoms with Gasteiger partial charge in [0, 0.05) is 43.2 Å². The highest BCUT2D eigenvalue weighted by Crippen LogP contribution is 2.39. The number of amides is 2. The third-order valence-electron chi connectivity index (χ3n) is 5.29. The van der Waals surface area contributed by atoms with E-state index in [4.69, 9.17) is 16.3 Å². The van der Waals surface area contributed by atoms with Crippen LogP contribution in [0.4, 0.5) is 5.69 Å². The zero-order valence-corrected chi connectivity index (χ0v) is 18.3. The van der Waals surface area contributed by atoms with E-state index >= 15 is 0 Å². The van der Waals surface area contributed by atoms with Gasteiger partial charge in [-0.3, -0.25) is 9.59 Å². The van der Waals surface area contributed by atoms with Gasteiger partial charge in [-0.1, -0.05) is 17.7 Å². The Hall–Kier alpha value is -1.98. The summed E-state index contributed by atoms with van der Waals surface area (Å²) < 4.78 is 33.6. The SMILES string of the molecule is O=C(Nc1ccc(Cl)cc1)C(=O)N1CCC2(CC1)OCCN2S(=O)(=O)c1cccs1. The molecule has 0 saturated carbocycles. The molecule has 0 unspecified atom stereocenters. The van der Waals surface area contributed by atoms with Crippen LogP contribution in [0.2, 0.25) is 5.02 Å². The van der Waals surface area contributed by atoms with Gasteiger partial charge in [0.25, 0.3) is 10.0 Å². The number of ether oxygens (including phenoxy) is 1. The second-order valence-electron chi connectivity index (χ2n) is 7.06. The fourth-order valence-corrected chi connectivity index (χ4v) is 6.72. The number of nitrogens with zero attached hydrogens (tertiary/aromatic N) is 2. The highest BCUT2D eigenvalue weighted by atomic mass is 35.5. The molecule has 2 amide bonds. The minimum atomic E-state index is -3.67. The molecule has 2 aromatic rings. The van der Waals surface area contributed by atoms with Crippen molar-refractivity contribution in [3.8, 4) is 0 Å². The number of likely N-dealkylation sites (tertiary alicyclic amines) is 1. The summed E-state index contributed by atoms with van der Waals surface area (Å²) in [5.74, 6) is -1.41. The summed E-state index contributed by atoms with van der Waals surface area (Å²) in [6.45, 7) is 1.02. The molecule has 3 heterocycles. The summed E-state index contributed by atoms with van der Waals surface area (Å²) in [7, 11) is -3.67. The standard InChI is InChI=1S/C19H20ClN3O5S2/c20-14-3-5-15(6-4-14)21-17(24)18(25)22-9-7-19(8-10-22)23(11-12-28-19)30(26,27)16-2-1-13-29-16/h1-6,13H,7-12H2,(H,21,24). The average Bonchev–Trinajstić information content (AvgIpc) is 3.41. The number of hydrogen-bond acceptors (Lipinski definition) is 6. The van der Waals surface area contributed by atoms with Crippen molar-refractivity contribution in [2.45, 2.75) is 22.8 Å². The van der Waals surface area contributed by atoms with Gasteiger partial charge in [-0.15, -0.1) is 11.3 Å². The van der Waals surface area contributed by atoms with Crippen molar-refractivity contribution in [1.29, 1.82) is 0 Å². The normalized spacial score (nSPS) is 19.2. The summed E-state index contributed by atoms with van der Waals surface area (Å²) in [4.78, 5) is 26.3. The molecular weight excluding hydrogens is 450 g/mol. The van der Waals surface area contributed by atoms with E-state index < -0.39 is 27.6 Å². The van der Waals surface area contributed by atoms with Crippen molar-refractivity contribution in [1.82, 2.24) is 9.21 Å². The van der Waals surface area contributed by atoms with Crippen LogP contribution >= 0.6 is 22.9 Å². The molecule has 0 aliphatic carbocycles. The molecule has 30 heavy (non-hydrogen) atoms. The van der Waals surface area contributed by atoms with Gasteiger partial charge in [0.05, 0.1) is 6.61 Å². The molecule has 1 aromatic heterocycles. The Morgan fingerprint density at radius 2 is 1.80 bits per heavy atom. The molecule has 2 fully saturated rings. The van der Waals surface area contributed by atoms with E-state index in [0.29, 0.717) is 30.2 Å². The maximum Gasteiger partial charge on any atom is 0.313 e. The molecule has 1 N–H and O–H groups in total. The number of halogens is 1. The summed E-state index contributed by atoms with van der Waals surface area (Å²) in [6, 6.07) is 9.73. The molecule has 2 aliphatic rings. The molecule has 0 bridgehead atoms. The third-order valence-corrected chi connectivity index (χ3v) is 8.86. The number of thiophene rings is 1. The lowest BCUT2D eigenvalue weighted by Gasteiger charge is -2.42. The first-order valence-electron chi connectivity index (χ1n) is 9.38. The molecular formula is C19H20ClN3O5S2. The first-order chi connectivity index (χ1) is 14.3. The lowest BCUT2D eigenvalue weighted by molar-refractivity contribution is -0.148. The molecule has 1 aromatic carbocycles. The Labute approximate surface area is 183 Å². The van der Waals surface area contributed by atoms with Crippen LogP contribution < -0.4 is 5.32 Å². The summed E-state index contributed by atoms with van der Waals surface area (Å²) >= 11 is 6.99. The largest absolute Gasteiger partial charge is 0.358 e. The predicted octanol–water partition coefficient (Wildman–Crippen LogP) is 2.38. The smallest absolute Gasteiger partial charge is 0.313 e. The van der Waals surface area contributed by atoms with E-state index in [0.717, 1.165) is 11.3 Å². The zero-order chi connectivity index (χ0) is 21.4. The fraction of sp³-hybridized carbons (Fsp3) is 0.368. The average molecular weight is 470 g/mol. The molecule has 2 aliphatic heterocycles. The number of rotatable bonds is 3. The number of benzene rings is 1. The molecule has 160 valence electrons. The molecule has 4 rings (SSSR count). The van der Waals surface area contributed by atoms with Crippen LogP contribution in [0.15, 0.2) is 46.0 Å². The topological polar surface area (TPSA) is 96.0 Å². The van der Waals surface area contributed by atoms with E-state index in [9.17, 15) is 18.0 Å². The molecule has 1 spiro atoms. The van der Waals surface area contributed by atoms with Crippen LogP contribution in [0.1, 0.15) is 12.8 Å². The molecule has 11 heteroatoms. The maximum absolute atomic E-state index is 13.0. The van der Waals surface area contributed by atoms with Crippen LogP contribution in [0.25, 0.3) is 0 Å². The number of anilines is 1. The Morgan fingerprint density at radius 3 is 2.43 bits per heavy atom. The van der Waals surface area contributed by atoms with Crippen molar-refractivity contribution in [3.05, 3.63) is 46.8 Å². The molecule has 0 atom stereocenters. The van der Waals surface area contributed by atoms with E-state index in [1.54, 1.807) is 41.8 Å². The Bertz CT molecular complexity index is 1030. The number of carbonyl (C=O) groups excluding carboxylic acids is 2. The minimum Gasteiger partial charge on any atom is -0.358 e. The Kier molecular flexibility index (Phi) is 5.86. The number of nitrogens with one attached hydrogen (secondary N) is 1. The monoisotopic (exact) mass is 469 g/mol. The van der Waals surface area contributed by atoms with Gasteiger partial charge in [-0.25, -0.2) is 8.42 Å². The van der Waals surface area contributed by atoms with Crippen LogP contribution in [0.3, 0.4) is 0 Å². The van der Waals surface area contributed by atoms with Gasteiger partial charge in [0.2, 0.25) is 0 Å². The lowest BCUT2D eigenvalue weighted by atomic mass is 10.0. The zero-order valence-electron chi connectivity index (χ0n) is 15.9. The van der Waals surface area contributed by atoms with Crippen LogP contribution in [-0.2, 0) is 24.3 Å². The van der Waals surface area contributed by atoms with Crippen LogP contribution in [0.5, 0.6) is 0 Å². The quantitative estimate of drug-likeness (QED) is 0.696. The summed E-state index contributed by atoms with van der Waals surface area (Å²) in [6.07, 6.45) is 0.606. The Morgan fingerprint density at radius 1 is 1.10 bits per heavy atom. The second kappa shape index (κ2) is 8.27. The number of piperidine rings is 1. The Balaban J connectivity index is 1.42. The van der Waals surface area contributed by atoms with E-state index in [1.807, 2.05) is 0 Å². The van der Waals surface area contributed by atoms with Gasteiger partial charge in [0.15, 0.2) is 0 Å². The van der Waals surface area contributed by atoms with Crippen LogP contribution in [0, 0.1) is 0 Å². The lowest BCUT2D eigenvalue weighted by Crippen LogP contribution is -2.56. The number of sulfonamides is 1. The van der Waals surface area contributed by atoms with Crippen LogP contribution in [-0.4, -0.2) is 61.4 Å². The fourth-order valence-electron chi connectivity index (χ4n) is 3.77. The summed E-state index contributed by atoms with van der Waals surface area (Å²) in [5, 5.41) is 4.80. The van der Waals surface area contributed by atoms with Crippen molar-refractivity contribution < 1.29 is 22.7 Å². The van der Waals surface area contributed by atoms with Crippen molar-refractivity contribution in [3.63, 3.8) is 0 Å². The molecule has 0 radical (unpaired) electrons. The first-order valence-corrected chi connectivity index (χ1v) is 12.1. The predicted molar refractivity (Wildman–Crippen MR) is 113 cm³/mol.